The van der Waals surface area contributed by atoms with E-state index in [-0.39, 0.29) is 6.10 Å². The van der Waals surface area contributed by atoms with Gasteiger partial charge < -0.3 is 5.11 Å². The maximum Gasteiger partial charge on any atom is 0.0546 e. The summed E-state index contributed by atoms with van der Waals surface area (Å²) in [5.41, 5.74) is 1.22. The molecule has 1 rings (SSSR count). The minimum absolute atomic E-state index is 0.149. The SMILES string of the molecule is C=C/C(=C\C=C/C)CCC(O)CC1CCCC(C)C1. The summed E-state index contributed by atoms with van der Waals surface area (Å²) < 4.78 is 0. The van der Waals surface area contributed by atoms with Crippen molar-refractivity contribution in [1.82, 2.24) is 0 Å². The van der Waals surface area contributed by atoms with E-state index in [9.17, 15) is 5.11 Å². The number of aliphatic hydroxyl groups is 1. The van der Waals surface area contributed by atoms with Crippen molar-refractivity contribution in [3.8, 4) is 0 Å². The van der Waals surface area contributed by atoms with Gasteiger partial charge in [0.05, 0.1) is 6.10 Å². The van der Waals surface area contributed by atoms with Gasteiger partial charge in [0, 0.05) is 0 Å². The van der Waals surface area contributed by atoms with Gasteiger partial charge in [0.2, 0.25) is 0 Å². The number of hydrogen-bond acceptors (Lipinski definition) is 1. The van der Waals surface area contributed by atoms with E-state index in [1.165, 1.54) is 31.3 Å². The van der Waals surface area contributed by atoms with Gasteiger partial charge in [-0.1, -0.05) is 57.1 Å². The lowest BCUT2D eigenvalue weighted by Crippen LogP contribution is -2.19. The van der Waals surface area contributed by atoms with Crippen LogP contribution in [0.25, 0.3) is 0 Å². The first-order valence-electron chi connectivity index (χ1n) is 7.78. The summed E-state index contributed by atoms with van der Waals surface area (Å²) in [5.74, 6) is 1.59. The maximum absolute atomic E-state index is 10.2. The summed E-state index contributed by atoms with van der Waals surface area (Å²) in [6, 6.07) is 0. The molecule has 1 heteroatoms. The van der Waals surface area contributed by atoms with Crippen molar-refractivity contribution in [2.75, 3.05) is 0 Å². The van der Waals surface area contributed by atoms with Crippen LogP contribution in [0.2, 0.25) is 0 Å². The third-order valence-corrected chi connectivity index (χ3v) is 4.18. The molecule has 3 atom stereocenters. The summed E-state index contributed by atoms with van der Waals surface area (Å²) in [7, 11) is 0. The zero-order valence-corrected chi connectivity index (χ0v) is 12.6. The minimum Gasteiger partial charge on any atom is -0.393 e. The predicted octanol–water partition coefficient (Wildman–Crippen LogP) is 5.03. The maximum atomic E-state index is 10.2. The van der Waals surface area contributed by atoms with Gasteiger partial charge in [-0.05, 0) is 50.0 Å². The second-order valence-electron chi connectivity index (χ2n) is 6.04. The van der Waals surface area contributed by atoms with E-state index in [1.807, 2.05) is 25.2 Å². The molecular weight excluding hydrogens is 232 g/mol. The minimum atomic E-state index is -0.149. The van der Waals surface area contributed by atoms with E-state index in [0.29, 0.717) is 0 Å². The summed E-state index contributed by atoms with van der Waals surface area (Å²) in [6.45, 7) is 8.19. The Balaban J connectivity index is 2.30. The molecule has 0 aromatic heterocycles. The molecule has 0 bridgehead atoms. The normalized spacial score (nSPS) is 26.6. The first kappa shape index (κ1) is 16.2. The van der Waals surface area contributed by atoms with Crippen LogP contribution in [-0.2, 0) is 0 Å². The van der Waals surface area contributed by atoms with Crippen LogP contribution < -0.4 is 0 Å². The van der Waals surface area contributed by atoms with Gasteiger partial charge in [-0.3, -0.25) is 0 Å². The van der Waals surface area contributed by atoms with E-state index in [0.717, 1.165) is 31.1 Å². The van der Waals surface area contributed by atoms with Crippen LogP contribution in [0, 0.1) is 11.8 Å². The molecule has 0 spiro atoms. The Labute approximate surface area is 119 Å². The monoisotopic (exact) mass is 262 g/mol. The van der Waals surface area contributed by atoms with Crippen molar-refractivity contribution < 1.29 is 5.11 Å². The van der Waals surface area contributed by atoms with Crippen molar-refractivity contribution in [1.29, 1.82) is 0 Å². The van der Waals surface area contributed by atoms with E-state index in [1.54, 1.807) is 0 Å². The van der Waals surface area contributed by atoms with Gasteiger partial charge in [-0.25, -0.2) is 0 Å². The van der Waals surface area contributed by atoms with Crippen molar-refractivity contribution in [2.45, 2.75) is 64.9 Å². The zero-order chi connectivity index (χ0) is 14.1. The van der Waals surface area contributed by atoms with Crippen LogP contribution in [0.15, 0.2) is 36.5 Å². The molecule has 0 aromatic carbocycles. The largest absolute Gasteiger partial charge is 0.393 e. The van der Waals surface area contributed by atoms with E-state index in [2.05, 4.69) is 19.6 Å². The number of allylic oxidation sites excluding steroid dienone is 5. The summed E-state index contributed by atoms with van der Waals surface area (Å²) in [4.78, 5) is 0. The zero-order valence-electron chi connectivity index (χ0n) is 12.6. The Kier molecular flexibility index (Phi) is 7.81. The van der Waals surface area contributed by atoms with E-state index in [4.69, 9.17) is 0 Å². The second kappa shape index (κ2) is 9.14. The molecule has 1 aliphatic rings. The van der Waals surface area contributed by atoms with Crippen LogP contribution in [0.5, 0.6) is 0 Å². The molecule has 1 N–H and O–H groups in total. The Morgan fingerprint density at radius 3 is 2.84 bits per heavy atom. The van der Waals surface area contributed by atoms with Crippen molar-refractivity contribution in [3.63, 3.8) is 0 Å². The molecule has 1 saturated carbocycles. The second-order valence-corrected chi connectivity index (χ2v) is 6.04. The van der Waals surface area contributed by atoms with Gasteiger partial charge in [0.15, 0.2) is 0 Å². The number of hydrogen-bond donors (Lipinski definition) is 1. The fourth-order valence-electron chi connectivity index (χ4n) is 3.08. The van der Waals surface area contributed by atoms with E-state index >= 15 is 0 Å². The molecule has 1 aliphatic carbocycles. The standard InChI is InChI=1S/C18H30O/c1-4-6-9-16(5-2)11-12-18(19)14-17-10-7-8-15(3)13-17/h4-6,9,15,17-19H,2,7-8,10-14H2,1,3H3/b6-4-,16-9+. The van der Waals surface area contributed by atoms with Crippen molar-refractivity contribution in [3.05, 3.63) is 36.5 Å². The highest BCUT2D eigenvalue weighted by molar-refractivity contribution is 5.21. The predicted molar refractivity (Wildman–Crippen MR) is 84.1 cm³/mol. The third kappa shape index (κ3) is 6.77. The molecule has 1 fully saturated rings. The van der Waals surface area contributed by atoms with Crippen molar-refractivity contribution >= 4 is 0 Å². The quantitative estimate of drug-likeness (QED) is 0.638. The topological polar surface area (TPSA) is 20.2 Å². The van der Waals surface area contributed by atoms with Gasteiger partial charge >= 0.3 is 0 Å². The smallest absolute Gasteiger partial charge is 0.0546 e. The molecule has 0 saturated heterocycles. The Morgan fingerprint density at radius 2 is 2.21 bits per heavy atom. The average Bonchev–Trinajstić information content (AvgIpc) is 2.39. The third-order valence-electron chi connectivity index (χ3n) is 4.18. The molecule has 19 heavy (non-hydrogen) atoms. The molecule has 108 valence electrons. The highest BCUT2D eigenvalue weighted by Crippen LogP contribution is 2.32. The fraction of sp³-hybridized carbons (Fsp3) is 0.667. The van der Waals surface area contributed by atoms with Crippen molar-refractivity contribution in [2.24, 2.45) is 11.8 Å². The highest BCUT2D eigenvalue weighted by Gasteiger charge is 2.21. The van der Waals surface area contributed by atoms with Gasteiger partial charge in [-0.15, -0.1) is 0 Å². The van der Waals surface area contributed by atoms with Crippen LogP contribution >= 0.6 is 0 Å². The average molecular weight is 262 g/mol. The lowest BCUT2D eigenvalue weighted by atomic mass is 9.79. The molecular formula is C18H30O. The van der Waals surface area contributed by atoms with Gasteiger partial charge in [0.25, 0.3) is 0 Å². The lowest BCUT2D eigenvalue weighted by molar-refractivity contribution is 0.114. The lowest BCUT2D eigenvalue weighted by Gasteiger charge is -2.28. The summed E-state index contributed by atoms with van der Waals surface area (Å²) in [6.07, 6.45) is 16.0. The molecule has 0 amide bonds. The first-order valence-corrected chi connectivity index (χ1v) is 7.78. The molecule has 0 aliphatic heterocycles. The number of aliphatic hydroxyl groups excluding tert-OH is 1. The number of rotatable bonds is 7. The Bertz CT molecular complexity index is 314. The Hall–Kier alpha value is -0.820. The molecule has 0 radical (unpaired) electrons. The van der Waals surface area contributed by atoms with E-state index < -0.39 is 0 Å². The van der Waals surface area contributed by atoms with Crippen LogP contribution in [0.3, 0.4) is 0 Å². The molecule has 1 nitrogen and oxygen atoms in total. The Morgan fingerprint density at radius 1 is 1.42 bits per heavy atom. The van der Waals surface area contributed by atoms with Crippen LogP contribution in [0.4, 0.5) is 0 Å². The molecule has 0 heterocycles. The van der Waals surface area contributed by atoms with Crippen LogP contribution in [-0.4, -0.2) is 11.2 Å². The first-order chi connectivity index (χ1) is 9.15. The summed E-state index contributed by atoms with van der Waals surface area (Å²) >= 11 is 0. The summed E-state index contributed by atoms with van der Waals surface area (Å²) in [5, 5.41) is 10.2. The van der Waals surface area contributed by atoms with Gasteiger partial charge in [-0.2, -0.15) is 0 Å². The van der Waals surface area contributed by atoms with Crippen LogP contribution in [0.1, 0.15) is 58.8 Å². The molecule has 0 aromatic rings. The highest BCUT2D eigenvalue weighted by atomic mass is 16.3. The molecule has 3 unspecified atom stereocenters. The van der Waals surface area contributed by atoms with Gasteiger partial charge in [0.1, 0.15) is 0 Å². The fourth-order valence-corrected chi connectivity index (χ4v) is 3.08.